The molecule has 2 N–H and O–H groups in total. The molecular weight excluding hydrogens is 440 g/mol. The Morgan fingerprint density at radius 1 is 1.34 bits per heavy atom. The quantitative estimate of drug-likeness (QED) is 0.643. The predicted molar refractivity (Wildman–Crippen MR) is 107 cm³/mol. The number of nitrogens with two attached hydrogens (primary N) is 1. The number of rotatable bonds is 6. The summed E-state index contributed by atoms with van der Waals surface area (Å²) in [5.74, 6) is 0.394. The fourth-order valence-corrected chi connectivity index (χ4v) is 3.36. The van der Waals surface area contributed by atoms with Gasteiger partial charge in [0, 0.05) is 4.47 Å². The first kappa shape index (κ1) is 20.6. The van der Waals surface area contributed by atoms with E-state index >= 15 is 0 Å². The molecule has 1 aromatic heterocycles. The summed E-state index contributed by atoms with van der Waals surface area (Å²) >= 11 is 3.39. The van der Waals surface area contributed by atoms with E-state index in [0.717, 1.165) is 4.47 Å². The second-order valence-corrected chi connectivity index (χ2v) is 7.08. The molecule has 1 aromatic carbocycles. The lowest BCUT2D eigenvalue weighted by molar-refractivity contribution is -0.139. The lowest BCUT2D eigenvalue weighted by atomic mass is 9.87. The van der Waals surface area contributed by atoms with Gasteiger partial charge in [0.15, 0.2) is 0 Å². The Morgan fingerprint density at radius 2 is 2.14 bits per heavy atom. The molecule has 0 bridgehead atoms. The zero-order chi connectivity index (χ0) is 21.0. The topological polar surface area (TPSA) is 108 Å². The van der Waals surface area contributed by atoms with Gasteiger partial charge in [0.05, 0.1) is 18.1 Å². The minimum atomic E-state index is -0.813. The van der Waals surface area contributed by atoms with Gasteiger partial charge in [-0.3, -0.25) is 0 Å². The number of nitriles is 1. The molecule has 1 aliphatic heterocycles. The smallest absolute Gasteiger partial charge is 0.338 e. The number of hydrogen-bond donors (Lipinski definition) is 1. The number of esters is 1. The van der Waals surface area contributed by atoms with Gasteiger partial charge < -0.3 is 24.4 Å². The molecule has 2 aromatic rings. The third-order valence-corrected chi connectivity index (χ3v) is 4.74. The van der Waals surface area contributed by atoms with E-state index in [-0.39, 0.29) is 36.0 Å². The highest BCUT2D eigenvalue weighted by Gasteiger charge is 2.38. The Balaban J connectivity index is 1.89. The maximum atomic E-state index is 12.5. The zero-order valence-corrected chi connectivity index (χ0v) is 17.5. The van der Waals surface area contributed by atoms with Crippen molar-refractivity contribution in [2.45, 2.75) is 26.4 Å². The average molecular weight is 459 g/mol. The molecule has 3 rings (SSSR count). The predicted octanol–water partition coefficient (Wildman–Crippen LogP) is 4.27. The van der Waals surface area contributed by atoms with Crippen LogP contribution in [0.1, 0.15) is 31.3 Å². The van der Waals surface area contributed by atoms with Crippen LogP contribution < -0.4 is 10.5 Å². The molecule has 0 aliphatic carbocycles. The number of benzene rings is 1. The standard InChI is InChI=1S/C21H19BrN2O5/c1-3-26-21(25)18-12(2)28-20(24)16(10-23)19(18)17-8-7-15(29-17)11-27-14-6-4-5-13(22)9-14/h4-9,19H,3,11,24H2,1-2H3. The lowest BCUT2D eigenvalue weighted by Gasteiger charge is -2.25. The normalized spacial score (nSPS) is 16.3. The number of ether oxygens (including phenoxy) is 3. The Labute approximate surface area is 176 Å². The minimum absolute atomic E-state index is 0.0635. The van der Waals surface area contributed by atoms with E-state index in [1.165, 1.54) is 0 Å². The van der Waals surface area contributed by atoms with Crippen LogP contribution in [0.4, 0.5) is 0 Å². The van der Waals surface area contributed by atoms with Crippen LogP contribution in [0.3, 0.4) is 0 Å². The van der Waals surface area contributed by atoms with Crippen molar-refractivity contribution in [3.05, 3.63) is 75.2 Å². The fourth-order valence-electron chi connectivity index (χ4n) is 2.98. The number of nitrogens with zero attached hydrogens (tertiary/aromatic N) is 1. The van der Waals surface area contributed by atoms with Crippen molar-refractivity contribution in [3.8, 4) is 11.8 Å². The van der Waals surface area contributed by atoms with Gasteiger partial charge in [-0.05, 0) is 44.2 Å². The second kappa shape index (κ2) is 8.88. The zero-order valence-electron chi connectivity index (χ0n) is 15.9. The Hall–Kier alpha value is -3.18. The van der Waals surface area contributed by atoms with Crippen molar-refractivity contribution >= 4 is 21.9 Å². The van der Waals surface area contributed by atoms with Gasteiger partial charge in [0.25, 0.3) is 0 Å². The highest BCUT2D eigenvalue weighted by Crippen LogP contribution is 2.40. The molecule has 150 valence electrons. The van der Waals surface area contributed by atoms with Crippen molar-refractivity contribution in [2.75, 3.05) is 6.61 Å². The number of allylic oxidation sites excluding steroid dienone is 2. The number of furan rings is 1. The largest absolute Gasteiger partial charge is 0.486 e. The molecule has 29 heavy (non-hydrogen) atoms. The van der Waals surface area contributed by atoms with Crippen LogP contribution in [-0.2, 0) is 20.9 Å². The maximum Gasteiger partial charge on any atom is 0.338 e. The highest BCUT2D eigenvalue weighted by atomic mass is 79.9. The summed E-state index contributed by atoms with van der Waals surface area (Å²) in [4.78, 5) is 12.5. The van der Waals surface area contributed by atoms with Crippen LogP contribution in [0, 0.1) is 11.3 Å². The van der Waals surface area contributed by atoms with Crippen molar-refractivity contribution in [1.29, 1.82) is 5.26 Å². The van der Waals surface area contributed by atoms with Gasteiger partial charge in [-0.1, -0.05) is 22.0 Å². The number of halogens is 1. The molecule has 0 amide bonds. The van der Waals surface area contributed by atoms with Gasteiger partial charge in [0.2, 0.25) is 5.88 Å². The molecule has 1 atom stereocenters. The monoisotopic (exact) mass is 458 g/mol. The van der Waals surface area contributed by atoms with Crippen molar-refractivity contribution < 1.29 is 23.4 Å². The summed E-state index contributed by atoms with van der Waals surface area (Å²) in [7, 11) is 0. The van der Waals surface area contributed by atoms with E-state index in [2.05, 4.69) is 15.9 Å². The summed E-state index contributed by atoms with van der Waals surface area (Å²) in [6.07, 6.45) is 0. The van der Waals surface area contributed by atoms with Crippen LogP contribution in [0.5, 0.6) is 5.75 Å². The third-order valence-electron chi connectivity index (χ3n) is 4.25. The summed E-state index contributed by atoms with van der Waals surface area (Å²) in [5, 5.41) is 9.58. The van der Waals surface area contributed by atoms with Crippen LogP contribution in [0.25, 0.3) is 0 Å². The molecule has 0 saturated carbocycles. The van der Waals surface area contributed by atoms with Crippen LogP contribution in [0.2, 0.25) is 0 Å². The first-order valence-corrected chi connectivity index (χ1v) is 9.66. The Kier molecular flexibility index (Phi) is 6.29. The molecule has 0 radical (unpaired) electrons. The SMILES string of the molecule is CCOC(=O)C1=C(C)OC(N)=C(C#N)C1c1ccc(COc2cccc(Br)c2)o1. The van der Waals surface area contributed by atoms with Crippen molar-refractivity contribution in [3.63, 3.8) is 0 Å². The number of carbonyl (C=O) groups excluding carboxylic acids is 1. The highest BCUT2D eigenvalue weighted by molar-refractivity contribution is 9.10. The third kappa shape index (κ3) is 4.46. The van der Waals surface area contributed by atoms with Gasteiger partial charge in [0.1, 0.15) is 41.3 Å². The van der Waals surface area contributed by atoms with E-state index < -0.39 is 11.9 Å². The molecule has 1 unspecified atom stereocenters. The lowest BCUT2D eigenvalue weighted by Crippen LogP contribution is -2.25. The van der Waals surface area contributed by atoms with Crippen molar-refractivity contribution in [2.24, 2.45) is 5.73 Å². The molecule has 7 nitrogen and oxygen atoms in total. The van der Waals surface area contributed by atoms with Gasteiger partial charge in [-0.15, -0.1) is 0 Å². The molecule has 0 saturated heterocycles. The van der Waals surface area contributed by atoms with Crippen LogP contribution in [-0.4, -0.2) is 12.6 Å². The number of hydrogen-bond acceptors (Lipinski definition) is 7. The first-order chi connectivity index (χ1) is 13.9. The molecule has 2 heterocycles. The molecule has 1 aliphatic rings. The number of carbonyl (C=O) groups is 1. The Morgan fingerprint density at radius 3 is 2.83 bits per heavy atom. The van der Waals surface area contributed by atoms with Gasteiger partial charge in [-0.25, -0.2) is 4.79 Å². The van der Waals surface area contributed by atoms with E-state index in [9.17, 15) is 10.1 Å². The second-order valence-electron chi connectivity index (χ2n) is 6.17. The van der Waals surface area contributed by atoms with E-state index in [1.807, 2.05) is 30.3 Å². The summed E-state index contributed by atoms with van der Waals surface area (Å²) in [6.45, 7) is 3.66. The molecule has 0 spiro atoms. The fraction of sp³-hybridized carbons (Fsp3) is 0.238. The maximum absolute atomic E-state index is 12.5. The van der Waals surface area contributed by atoms with Crippen LogP contribution >= 0.6 is 15.9 Å². The minimum Gasteiger partial charge on any atom is -0.486 e. The average Bonchev–Trinajstić information content (AvgIpc) is 3.14. The van der Waals surface area contributed by atoms with Crippen molar-refractivity contribution in [1.82, 2.24) is 0 Å². The van der Waals surface area contributed by atoms with E-state index in [0.29, 0.717) is 17.3 Å². The van der Waals surface area contributed by atoms with Gasteiger partial charge in [-0.2, -0.15) is 5.26 Å². The van der Waals surface area contributed by atoms with Gasteiger partial charge >= 0.3 is 5.97 Å². The van der Waals surface area contributed by atoms with E-state index in [4.69, 9.17) is 24.4 Å². The molecule has 8 heteroatoms. The van der Waals surface area contributed by atoms with Crippen LogP contribution in [0.15, 0.2) is 68.1 Å². The molecular formula is C21H19BrN2O5. The Bertz CT molecular complexity index is 1030. The summed E-state index contributed by atoms with van der Waals surface area (Å²) in [6, 6.07) is 12.9. The molecule has 0 fully saturated rings. The van der Waals surface area contributed by atoms with E-state index in [1.54, 1.807) is 26.0 Å². The summed E-state index contributed by atoms with van der Waals surface area (Å²) < 4.78 is 23.0. The summed E-state index contributed by atoms with van der Waals surface area (Å²) in [5.41, 5.74) is 6.15. The first-order valence-electron chi connectivity index (χ1n) is 8.87.